The van der Waals surface area contributed by atoms with Crippen molar-refractivity contribution in [1.82, 2.24) is 10.6 Å². The van der Waals surface area contributed by atoms with Gasteiger partial charge in [0.05, 0.1) is 0 Å². The van der Waals surface area contributed by atoms with Gasteiger partial charge in [0.1, 0.15) is 40.5 Å². The molecule has 0 aliphatic carbocycles. The molecule has 0 radical (unpaired) electrons. The van der Waals surface area contributed by atoms with Crippen LogP contribution in [0.4, 0.5) is 0 Å². The fraction of sp³-hybridized carbons (Fsp3) is 0.0426. The number of amidine groups is 1. The van der Waals surface area contributed by atoms with Gasteiger partial charge in [0.25, 0.3) is 0 Å². The minimum absolute atomic E-state index is 0.243. The van der Waals surface area contributed by atoms with Crippen LogP contribution in [0.15, 0.2) is 178 Å². The van der Waals surface area contributed by atoms with Crippen molar-refractivity contribution in [3.8, 4) is 11.1 Å². The van der Waals surface area contributed by atoms with Crippen LogP contribution in [0.3, 0.4) is 0 Å². The van der Waals surface area contributed by atoms with Crippen molar-refractivity contribution in [1.29, 1.82) is 0 Å². The van der Waals surface area contributed by atoms with Crippen LogP contribution in [0.5, 0.6) is 0 Å². The molecule has 2 unspecified atom stereocenters. The zero-order chi connectivity index (χ0) is 34.2. The second-order valence-corrected chi connectivity index (χ2v) is 13.5. The molecule has 0 spiro atoms. The first-order chi connectivity index (χ1) is 25.8. The smallest absolute Gasteiger partial charge is 0.143 e. The number of para-hydroxylation sites is 2. The van der Waals surface area contributed by atoms with Gasteiger partial charge >= 0.3 is 0 Å². The highest BCUT2D eigenvalue weighted by molar-refractivity contribution is 6.18. The van der Waals surface area contributed by atoms with Crippen molar-refractivity contribution < 1.29 is 8.83 Å². The molecule has 5 heteroatoms. The SMILES string of the molecule is c1ccc(C2=NC(c3ccc(-c4cc5ccccc5c5ccccc45)c4oc5ccccc5c34)NC(c3ccc4c(c3)oc3ccccc34)N2)cc1. The Balaban J connectivity index is 1.12. The van der Waals surface area contributed by atoms with Crippen LogP contribution in [-0.4, -0.2) is 5.84 Å². The minimum Gasteiger partial charge on any atom is -0.456 e. The molecule has 0 saturated carbocycles. The van der Waals surface area contributed by atoms with Crippen LogP contribution in [0, 0.1) is 0 Å². The van der Waals surface area contributed by atoms with E-state index in [0.717, 1.165) is 77.5 Å². The van der Waals surface area contributed by atoms with Gasteiger partial charge in [0.2, 0.25) is 0 Å². The average Bonchev–Trinajstić information content (AvgIpc) is 3.79. The highest BCUT2D eigenvalue weighted by Gasteiger charge is 2.29. The molecule has 0 amide bonds. The molecule has 5 nitrogen and oxygen atoms in total. The molecule has 1 aliphatic rings. The second kappa shape index (κ2) is 11.4. The van der Waals surface area contributed by atoms with Gasteiger partial charge in [-0.25, -0.2) is 4.99 Å². The van der Waals surface area contributed by atoms with Gasteiger partial charge in [-0.3, -0.25) is 5.32 Å². The summed E-state index contributed by atoms with van der Waals surface area (Å²) in [7, 11) is 0. The summed E-state index contributed by atoms with van der Waals surface area (Å²) in [5, 5.41) is 16.8. The minimum atomic E-state index is -0.376. The molecule has 2 aromatic heterocycles. The Kier molecular flexibility index (Phi) is 6.39. The number of nitrogens with zero attached hydrogens (tertiary/aromatic N) is 1. The molecule has 246 valence electrons. The number of rotatable bonds is 4. The lowest BCUT2D eigenvalue weighted by atomic mass is 9.91. The summed E-state index contributed by atoms with van der Waals surface area (Å²) in [6.07, 6.45) is -0.619. The van der Waals surface area contributed by atoms with E-state index in [9.17, 15) is 0 Å². The zero-order valence-electron chi connectivity index (χ0n) is 28.0. The molecule has 52 heavy (non-hydrogen) atoms. The maximum atomic E-state index is 6.83. The van der Waals surface area contributed by atoms with Crippen LogP contribution in [0.2, 0.25) is 0 Å². The van der Waals surface area contributed by atoms with E-state index in [1.807, 2.05) is 24.3 Å². The molecule has 8 aromatic carbocycles. The second-order valence-electron chi connectivity index (χ2n) is 13.5. The quantitative estimate of drug-likeness (QED) is 0.183. The lowest BCUT2D eigenvalue weighted by molar-refractivity contribution is 0.410. The number of benzene rings is 8. The molecule has 2 atom stereocenters. The third-order valence-corrected chi connectivity index (χ3v) is 10.6. The van der Waals surface area contributed by atoms with Crippen molar-refractivity contribution in [3.63, 3.8) is 0 Å². The van der Waals surface area contributed by atoms with Gasteiger partial charge in [0, 0.05) is 38.2 Å². The van der Waals surface area contributed by atoms with E-state index in [1.54, 1.807) is 0 Å². The molecule has 0 fully saturated rings. The molecule has 10 aromatic rings. The summed E-state index contributed by atoms with van der Waals surface area (Å²) in [5.74, 6) is 0.824. The summed E-state index contributed by atoms with van der Waals surface area (Å²) in [6, 6.07) is 57.4. The van der Waals surface area contributed by atoms with Gasteiger partial charge in [-0.2, -0.15) is 0 Å². The maximum absolute atomic E-state index is 6.83. The number of hydrogen-bond donors (Lipinski definition) is 2. The zero-order valence-corrected chi connectivity index (χ0v) is 28.0. The fourth-order valence-corrected chi connectivity index (χ4v) is 8.13. The summed E-state index contributed by atoms with van der Waals surface area (Å²) < 4.78 is 13.1. The first-order valence-corrected chi connectivity index (χ1v) is 17.7. The van der Waals surface area contributed by atoms with Crippen molar-refractivity contribution >= 4 is 71.3 Å². The third-order valence-electron chi connectivity index (χ3n) is 10.6. The van der Waals surface area contributed by atoms with E-state index < -0.39 is 0 Å². The highest BCUT2D eigenvalue weighted by atomic mass is 16.3. The predicted octanol–water partition coefficient (Wildman–Crippen LogP) is 11.8. The average molecular weight is 670 g/mol. The largest absolute Gasteiger partial charge is 0.456 e. The number of hydrogen-bond acceptors (Lipinski definition) is 5. The van der Waals surface area contributed by atoms with E-state index >= 15 is 0 Å². The fourth-order valence-electron chi connectivity index (χ4n) is 8.13. The molecular weight excluding hydrogens is 639 g/mol. The maximum Gasteiger partial charge on any atom is 0.143 e. The van der Waals surface area contributed by atoms with Gasteiger partial charge in [-0.05, 0) is 56.9 Å². The Morgan fingerprint density at radius 1 is 0.481 bits per heavy atom. The van der Waals surface area contributed by atoms with E-state index in [0.29, 0.717) is 0 Å². The van der Waals surface area contributed by atoms with Gasteiger partial charge in [-0.1, -0.05) is 140 Å². The van der Waals surface area contributed by atoms with Crippen molar-refractivity contribution in [2.24, 2.45) is 4.99 Å². The molecule has 0 saturated heterocycles. The number of fused-ring (bicyclic) bond motifs is 9. The summed E-state index contributed by atoms with van der Waals surface area (Å²) >= 11 is 0. The van der Waals surface area contributed by atoms with Crippen LogP contribution in [0.1, 0.15) is 29.0 Å². The van der Waals surface area contributed by atoms with Crippen LogP contribution >= 0.6 is 0 Å². The first-order valence-electron chi connectivity index (χ1n) is 17.7. The van der Waals surface area contributed by atoms with Crippen LogP contribution in [-0.2, 0) is 0 Å². The summed E-state index contributed by atoms with van der Waals surface area (Å²) in [6.45, 7) is 0. The topological polar surface area (TPSA) is 62.7 Å². The van der Waals surface area contributed by atoms with E-state index in [1.165, 1.54) is 21.5 Å². The summed E-state index contributed by atoms with van der Waals surface area (Å²) in [4.78, 5) is 5.35. The molecule has 2 N–H and O–H groups in total. The van der Waals surface area contributed by atoms with Crippen molar-refractivity contribution in [2.75, 3.05) is 0 Å². The standard InChI is InChI=1S/C47H31N3O2/c1-2-12-28(13-3-1)45-48-46(30-22-23-35-34-18-8-10-20-40(34)51-42(35)27-30)50-47(49-45)38-25-24-36(44-43(38)37-19-9-11-21-41(37)52-44)39-26-29-14-4-5-15-31(29)32-16-6-7-17-33(32)39/h1-27,46-47,50H,(H,48,49). The van der Waals surface area contributed by atoms with E-state index in [2.05, 4.69) is 150 Å². The van der Waals surface area contributed by atoms with Crippen molar-refractivity contribution in [3.05, 3.63) is 180 Å². The van der Waals surface area contributed by atoms with Gasteiger partial charge in [0.15, 0.2) is 0 Å². The van der Waals surface area contributed by atoms with Crippen LogP contribution < -0.4 is 10.6 Å². The first kappa shape index (κ1) is 29.1. The predicted molar refractivity (Wildman–Crippen MR) is 213 cm³/mol. The van der Waals surface area contributed by atoms with Crippen molar-refractivity contribution in [2.45, 2.75) is 12.3 Å². The molecule has 11 rings (SSSR count). The number of nitrogens with one attached hydrogen (secondary N) is 2. The Morgan fingerprint density at radius 3 is 2.00 bits per heavy atom. The lowest BCUT2D eigenvalue weighted by Crippen LogP contribution is -2.45. The van der Waals surface area contributed by atoms with E-state index in [4.69, 9.17) is 13.8 Å². The van der Waals surface area contributed by atoms with Gasteiger partial charge < -0.3 is 14.2 Å². The van der Waals surface area contributed by atoms with Crippen LogP contribution in [0.25, 0.3) is 76.5 Å². The molecular formula is C47H31N3O2. The van der Waals surface area contributed by atoms with Gasteiger partial charge in [-0.15, -0.1) is 0 Å². The Labute approximate surface area is 298 Å². The monoisotopic (exact) mass is 669 g/mol. The normalized spacial score (nSPS) is 16.3. The highest BCUT2D eigenvalue weighted by Crippen LogP contribution is 2.44. The molecule has 1 aliphatic heterocycles. The number of aliphatic imine (C=N–C) groups is 1. The Morgan fingerprint density at radius 2 is 1.15 bits per heavy atom. The molecule has 3 heterocycles. The van der Waals surface area contributed by atoms with E-state index in [-0.39, 0.29) is 12.3 Å². The molecule has 0 bridgehead atoms. The Bertz CT molecular complexity index is 3050. The third kappa shape index (κ3) is 4.50. The summed E-state index contributed by atoms with van der Waals surface area (Å²) in [5.41, 5.74) is 8.80. The Hall–Kier alpha value is -6.69. The number of furan rings is 2. The lowest BCUT2D eigenvalue weighted by Gasteiger charge is -2.32.